The van der Waals surface area contributed by atoms with Gasteiger partial charge in [0.05, 0.1) is 17.8 Å². The molecule has 1 N–H and O–H groups in total. The predicted molar refractivity (Wildman–Crippen MR) is 118 cm³/mol. The summed E-state index contributed by atoms with van der Waals surface area (Å²) in [5.74, 6) is 1.30. The molecule has 0 bridgehead atoms. The maximum absolute atomic E-state index is 12.5. The van der Waals surface area contributed by atoms with Crippen molar-refractivity contribution in [3.63, 3.8) is 0 Å². The van der Waals surface area contributed by atoms with Crippen LogP contribution in [0.3, 0.4) is 0 Å². The number of nitrogens with zero attached hydrogens (tertiary/aromatic N) is 2. The van der Waals surface area contributed by atoms with E-state index in [1.54, 1.807) is 11.3 Å². The number of fused-ring (bicyclic) bond motifs is 1. The summed E-state index contributed by atoms with van der Waals surface area (Å²) in [6, 6.07) is 13.9. The van der Waals surface area contributed by atoms with Crippen LogP contribution in [0.25, 0.3) is 21.8 Å². The number of hydrogen-bond acceptors (Lipinski definition) is 7. The van der Waals surface area contributed by atoms with Crippen molar-refractivity contribution in [2.75, 3.05) is 12.1 Å². The van der Waals surface area contributed by atoms with Gasteiger partial charge in [-0.25, -0.2) is 9.97 Å². The Bertz CT molecular complexity index is 1210. The van der Waals surface area contributed by atoms with Crippen molar-refractivity contribution in [1.82, 2.24) is 9.97 Å². The summed E-state index contributed by atoms with van der Waals surface area (Å²) < 4.78 is 10.8. The highest BCUT2D eigenvalue weighted by atomic mass is 32.1. The second-order valence-electron chi connectivity index (χ2n) is 6.84. The van der Waals surface area contributed by atoms with Gasteiger partial charge in [-0.1, -0.05) is 29.8 Å². The summed E-state index contributed by atoms with van der Waals surface area (Å²) in [7, 11) is 0. The minimum Gasteiger partial charge on any atom is -0.454 e. The van der Waals surface area contributed by atoms with E-state index in [0.717, 1.165) is 33.3 Å². The molecule has 1 aliphatic rings. The van der Waals surface area contributed by atoms with Crippen LogP contribution in [-0.4, -0.2) is 22.7 Å². The molecule has 0 saturated heterocycles. The van der Waals surface area contributed by atoms with Crippen molar-refractivity contribution < 1.29 is 14.3 Å². The third-order valence-electron chi connectivity index (χ3n) is 4.61. The van der Waals surface area contributed by atoms with Gasteiger partial charge in [-0.3, -0.25) is 4.79 Å². The third kappa shape index (κ3) is 3.92. The number of benzene rings is 2. The van der Waals surface area contributed by atoms with Crippen molar-refractivity contribution in [1.29, 1.82) is 0 Å². The molecular weight excluding hydrogens is 418 g/mol. The van der Waals surface area contributed by atoms with Gasteiger partial charge in [0.2, 0.25) is 12.7 Å². The van der Waals surface area contributed by atoms with E-state index in [2.05, 4.69) is 34.3 Å². The zero-order chi connectivity index (χ0) is 20.5. The SMILES string of the molecule is Cc1ccc(-c2nc(CC(=O)Nc3nc(-c4ccc5c(c4)OCO5)cs3)cs2)cc1. The van der Waals surface area contributed by atoms with Crippen LogP contribution in [0.4, 0.5) is 5.13 Å². The van der Waals surface area contributed by atoms with E-state index in [-0.39, 0.29) is 19.1 Å². The number of nitrogens with one attached hydrogen (secondary N) is 1. The van der Waals surface area contributed by atoms with Crippen molar-refractivity contribution in [3.8, 4) is 33.3 Å². The van der Waals surface area contributed by atoms with E-state index in [1.165, 1.54) is 16.9 Å². The summed E-state index contributed by atoms with van der Waals surface area (Å²) in [6.07, 6.45) is 0.210. The molecule has 150 valence electrons. The van der Waals surface area contributed by atoms with E-state index < -0.39 is 0 Å². The van der Waals surface area contributed by atoms with Crippen LogP contribution in [0.2, 0.25) is 0 Å². The maximum atomic E-state index is 12.5. The van der Waals surface area contributed by atoms with Gasteiger partial charge in [-0.05, 0) is 25.1 Å². The molecule has 30 heavy (non-hydrogen) atoms. The second-order valence-corrected chi connectivity index (χ2v) is 8.56. The molecule has 0 unspecified atom stereocenters. The Labute approximate surface area is 181 Å². The molecule has 0 aliphatic carbocycles. The van der Waals surface area contributed by atoms with Crippen LogP contribution in [0, 0.1) is 6.92 Å². The summed E-state index contributed by atoms with van der Waals surface area (Å²) in [5, 5.41) is 8.17. The first-order valence-corrected chi connectivity index (χ1v) is 11.1. The number of amides is 1. The van der Waals surface area contributed by atoms with Gasteiger partial charge in [0, 0.05) is 21.9 Å². The van der Waals surface area contributed by atoms with Crippen molar-refractivity contribution in [3.05, 3.63) is 64.5 Å². The monoisotopic (exact) mass is 435 g/mol. The van der Waals surface area contributed by atoms with Crippen molar-refractivity contribution in [2.24, 2.45) is 0 Å². The number of ether oxygens (including phenoxy) is 2. The third-order valence-corrected chi connectivity index (χ3v) is 6.31. The fourth-order valence-electron chi connectivity index (χ4n) is 3.06. The molecule has 0 saturated carbocycles. The first-order valence-electron chi connectivity index (χ1n) is 9.31. The Morgan fingerprint density at radius 1 is 1.00 bits per heavy atom. The second kappa shape index (κ2) is 7.89. The molecule has 8 heteroatoms. The molecular formula is C22H17N3O3S2. The molecule has 1 amide bonds. The van der Waals surface area contributed by atoms with Crippen LogP contribution in [0.5, 0.6) is 11.5 Å². The molecule has 0 radical (unpaired) electrons. The number of hydrogen-bond donors (Lipinski definition) is 1. The number of aromatic nitrogens is 2. The van der Waals surface area contributed by atoms with Gasteiger partial charge in [0.25, 0.3) is 0 Å². The Morgan fingerprint density at radius 3 is 2.67 bits per heavy atom. The van der Waals surface area contributed by atoms with Crippen LogP contribution in [-0.2, 0) is 11.2 Å². The fraction of sp³-hybridized carbons (Fsp3) is 0.136. The molecule has 4 aromatic rings. The van der Waals surface area contributed by atoms with Gasteiger partial charge >= 0.3 is 0 Å². The molecule has 0 spiro atoms. The predicted octanol–water partition coefficient (Wildman–Crippen LogP) is 5.15. The smallest absolute Gasteiger partial charge is 0.232 e. The van der Waals surface area contributed by atoms with Crippen LogP contribution in [0.15, 0.2) is 53.2 Å². The lowest BCUT2D eigenvalue weighted by Gasteiger charge is -2.01. The van der Waals surface area contributed by atoms with Crippen LogP contribution >= 0.6 is 22.7 Å². The van der Waals surface area contributed by atoms with Gasteiger partial charge in [-0.2, -0.15) is 0 Å². The summed E-state index contributed by atoms with van der Waals surface area (Å²) in [4.78, 5) is 21.6. The highest BCUT2D eigenvalue weighted by Crippen LogP contribution is 2.36. The highest BCUT2D eigenvalue weighted by molar-refractivity contribution is 7.14. The van der Waals surface area contributed by atoms with Crippen LogP contribution in [0.1, 0.15) is 11.3 Å². The zero-order valence-electron chi connectivity index (χ0n) is 16.0. The number of aryl methyl sites for hydroxylation is 1. The standard InChI is InChI=1S/C22H17N3O3S2/c1-13-2-4-14(5-3-13)21-23-16(10-29-21)9-20(26)25-22-24-17(11-30-22)15-6-7-18-19(8-15)28-12-27-18/h2-8,10-11H,9,12H2,1H3,(H,24,25,26). The molecule has 5 rings (SSSR count). The van der Waals surface area contributed by atoms with Crippen LogP contribution < -0.4 is 14.8 Å². The van der Waals surface area contributed by atoms with E-state index >= 15 is 0 Å². The normalized spacial score (nSPS) is 12.2. The molecule has 6 nitrogen and oxygen atoms in total. The Kier molecular flexibility index (Phi) is 4.94. The highest BCUT2D eigenvalue weighted by Gasteiger charge is 2.16. The first kappa shape index (κ1) is 18.8. The average molecular weight is 436 g/mol. The van der Waals surface area contributed by atoms with Gasteiger partial charge in [0.15, 0.2) is 16.6 Å². The quantitative estimate of drug-likeness (QED) is 0.469. The van der Waals surface area contributed by atoms with Gasteiger partial charge in [0.1, 0.15) is 5.01 Å². The van der Waals surface area contributed by atoms with Gasteiger partial charge < -0.3 is 14.8 Å². The molecule has 3 heterocycles. The lowest BCUT2D eigenvalue weighted by molar-refractivity contribution is -0.115. The average Bonchev–Trinajstić information content (AvgIpc) is 3.48. The minimum absolute atomic E-state index is 0.137. The molecule has 2 aromatic heterocycles. The molecule has 2 aromatic carbocycles. The lowest BCUT2D eigenvalue weighted by atomic mass is 10.1. The summed E-state index contributed by atoms with van der Waals surface area (Å²) in [6.45, 7) is 2.29. The van der Waals surface area contributed by atoms with E-state index in [1.807, 2.05) is 41.1 Å². The molecule has 0 fully saturated rings. The Morgan fingerprint density at radius 2 is 1.80 bits per heavy atom. The number of rotatable bonds is 5. The number of carbonyl (C=O) groups excluding carboxylic acids is 1. The van der Waals surface area contributed by atoms with Gasteiger partial charge in [-0.15, -0.1) is 22.7 Å². The molecule has 0 atom stereocenters. The number of thiazole rings is 2. The fourth-order valence-corrected chi connectivity index (χ4v) is 4.63. The topological polar surface area (TPSA) is 73.3 Å². The van der Waals surface area contributed by atoms with E-state index in [9.17, 15) is 4.79 Å². The lowest BCUT2D eigenvalue weighted by Crippen LogP contribution is -2.14. The molecule has 1 aliphatic heterocycles. The summed E-state index contributed by atoms with van der Waals surface area (Å²) in [5.41, 5.74) is 4.71. The maximum Gasteiger partial charge on any atom is 0.232 e. The van der Waals surface area contributed by atoms with E-state index in [4.69, 9.17) is 9.47 Å². The minimum atomic E-state index is -0.137. The van der Waals surface area contributed by atoms with E-state index in [0.29, 0.717) is 10.9 Å². The summed E-state index contributed by atoms with van der Waals surface area (Å²) >= 11 is 2.93. The first-order chi connectivity index (χ1) is 14.6. The van der Waals surface area contributed by atoms with Crippen molar-refractivity contribution in [2.45, 2.75) is 13.3 Å². The Hall–Kier alpha value is -3.23. The zero-order valence-corrected chi connectivity index (χ0v) is 17.7. The number of anilines is 1. The number of carbonyl (C=O) groups is 1. The van der Waals surface area contributed by atoms with Crippen molar-refractivity contribution >= 4 is 33.7 Å². The Balaban J connectivity index is 1.24. The largest absolute Gasteiger partial charge is 0.454 e.